The van der Waals surface area contributed by atoms with Crippen LogP contribution in [0, 0.1) is 5.82 Å². The number of halogens is 2. The molecule has 3 aromatic rings. The van der Waals surface area contributed by atoms with Gasteiger partial charge in [0.25, 0.3) is 11.8 Å². The van der Waals surface area contributed by atoms with Gasteiger partial charge in [-0.05, 0) is 54.6 Å². The summed E-state index contributed by atoms with van der Waals surface area (Å²) < 4.78 is 18.8. The molecule has 0 spiro atoms. The minimum Gasteiger partial charge on any atom is -0.497 e. The first-order chi connectivity index (χ1) is 15.0. The highest BCUT2D eigenvalue weighted by Gasteiger charge is 2.40. The van der Waals surface area contributed by atoms with Gasteiger partial charge in [-0.15, -0.1) is 0 Å². The third-order valence-corrected chi connectivity index (χ3v) is 5.91. The molecule has 0 fully saturated rings. The fourth-order valence-electron chi connectivity index (χ4n) is 3.00. The maximum Gasteiger partial charge on any atom is 0.283 e. The number of ether oxygens (including phenoxy) is 1. The van der Waals surface area contributed by atoms with Gasteiger partial charge in [0.1, 0.15) is 22.2 Å². The Balaban J connectivity index is 1.73. The van der Waals surface area contributed by atoms with Crippen molar-refractivity contribution in [1.29, 1.82) is 0 Å². The van der Waals surface area contributed by atoms with Crippen LogP contribution in [0.3, 0.4) is 0 Å². The fraction of sp³-hybridized carbons (Fsp3) is 0.0435. The summed E-state index contributed by atoms with van der Waals surface area (Å²) in [6.07, 6.45) is 0. The quantitative estimate of drug-likeness (QED) is 0.500. The van der Waals surface area contributed by atoms with Gasteiger partial charge in [0.05, 0.1) is 17.8 Å². The van der Waals surface area contributed by atoms with Gasteiger partial charge >= 0.3 is 0 Å². The van der Waals surface area contributed by atoms with Gasteiger partial charge in [0.15, 0.2) is 0 Å². The number of hydrogen-bond donors (Lipinski definition) is 1. The van der Waals surface area contributed by atoms with Crippen LogP contribution in [0.2, 0.25) is 5.02 Å². The standard InChI is InChI=1S/C23H16ClFN2O3S/c1-30-16-10-7-14(8-11-16)26-20-21(31-17-5-3-2-4-6-17)23(29)27(22(20)28)15-9-12-19(25)18(24)13-15/h2-13,26H,1H3. The number of methoxy groups -OCH3 is 1. The largest absolute Gasteiger partial charge is 0.497 e. The van der Waals surface area contributed by atoms with Gasteiger partial charge in [0.2, 0.25) is 0 Å². The molecule has 1 aliphatic heterocycles. The Kier molecular flexibility index (Phi) is 5.97. The average Bonchev–Trinajstić information content (AvgIpc) is 3.01. The highest BCUT2D eigenvalue weighted by Crippen LogP contribution is 2.38. The number of hydrogen-bond acceptors (Lipinski definition) is 5. The van der Waals surface area contributed by atoms with Crippen LogP contribution in [-0.4, -0.2) is 18.9 Å². The van der Waals surface area contributed by atoms with Crippen molar-refractivity contribution in [2.24, 2.45) is 0 Å². The summed E-state index contributed by atoms with van der Waals surface area (Å²) in [7, 11) is 1.56. The smallest absolute Gasteiger partial charge is 0.283 e. The summed E-state index contributed by atoms with van der Waals surface area (Å²) >= 11 is 7.06. The van der Waals surface area contributed by atoms with Gasteiger partial charge in [-0.25, -0.2) is 9.29 Å². The van der Waals surface area contributed by atoms with E-state index in [1.54, 1.807) is 31.4 Å². The summed E-state index contributed by atoms with van der Waals surface area (Å²) in [5.41, 5.74) is 0.936. The molecule has 0 aromatic heterocycles. The van der Waals surface area contributed by atoms with E-state index in [0.29, 0.717) is 11.4 Å². The third-order valence-electron chi connectivity index (χ3n) is 4.53. The summed E-state index contributed by atoms with van der Waals surface area (Å²) in [5, 5.41) is 2.88. The highest BCUT2D eigenvalue weighted by molar-refractivity contribution is 8.04. The predicted octanol–water partition coefficient (Wildman–Crippen LogP) is 5.48. The van der Waals surface area contributed by atoms with Crippen LogP contribution < -0.4 is 15.0 Å². The van der Waals surface area contributed by atoms with Crippen molar-refractivity contribution < 1.29 is 18.7 Å². The predicted molar refractivity (Wildman–Crippen MR) is 120 cm³/mol. The summed E-state index contributed by atoms with van der Waals surface area (Å²) in [4.78, 5) is 28.5. The van der Waals surface area contributed by atoms with Gasteiger partial charge < -0.3 is 10.1 Å². The number of nitrogens with zero attached hydrogens (tertiary/aromatic N) is 1. The van der Waals surface area contributed by atoms with E-state index < -0.39 is 17.6 Å². The molecule has 0 bridgehead atoms. The lowest BCUT2D eigenvalue weighted by molar-refractivity contribution is -0.120. The van der Waals surface area contributed by atoms with Gasteiger partial charge in [-0.1, -0.05) is 41.6 Å². The second-order valence-electron chi connectivity index (χ2n) is 6.52. The van der Waals surface area contributed by atoms with Crippen molar-refractivity contribution in [3.63, 3.8) is 0 Å². The number of amides is 2. The molecule has 1 N–H and O–H groups in total. The zero-order valence-electron chi connectivity index (χ0n) is 16.3. The molecule has 31 heavy (non-hydrogen) atoms. The van der Waals surface area contributed by atoms with E-state index in [1.165, 1.54) is 23.9 Å². The molecule has 156 valence electrons. The third kappa shape index (κ3) is 4.28. The van der Waals surface area contributed by atoms with E-state index in [-0.39, 0.29) is 21.3 Å². The molecule has 5 nitrogen and oxygen atoms in total. The molecule has 0 radical (unpaired) electrons. The zero-order valence-corrected chi connectivity index (χ0v) is 17.8. The van der Waals surface area contributed by atoms with Crippen molar-refractivity contribution in [3.05, 3.63) is 94.2 Å². The number of imide groups is 1. The molecule has 1 heterocycles. The lowest BCUT2D eigenvalue weighted by Crippen LogP contribution is -2.32. The lowest BCUT2D eigenvalue weighted by atomic mass is 10.2. The Labute approximate surface area is 187 Å². The Morgan fingerprint density at radius 2 is 1.68 bits per heavy atom. The van der Waals surface area contributed by atoms with E-state index in [2.05, 4.69) is 5.32 Å². The maximum atomic E-state index is 13.6. The normalized spacial score (nSPS) is 13.7. The molecule has 0 aliphatic carbocycles. The number of benzene rings is 3. The Morgan fingerprint density at radius 3 is 2.32 bits per heavy atom. The number of rotatable bonds is 6. The molecular formula is C23H16ClFN2O3S. The number of carbonyl (C=O) groups excluding carboxylic acids is 2. The van der Waals surface area contributed by atoms with Crippen LogP contribution in [0.1, 0.15) is 0 Å². The molecule has 0 saturated heterocycles. The number of carbonyl (C=O) groups is 2. The minimum atomic E-state index is -0.632. The molecular weight excluding hydrogens is 439 g/mol. The number of anilines is 2. The van der Waals surface area contributed by atoms with Crippen LogP contribution in [0.15, 0.2) is 88.3 Å². The Hall–Kier alpha value is -3.29. The molecule has 1 aliphatic rings. The molecule has 2 amide bonds. The summed E-state index contributed by atoms with van der Waals surface area (Å²) in [5.74, 6) is -1.04. The SMILES string of the molecule is COc1ccc(NC2=C(Sc3ccccc3)C(=O)N(c3ccc(F)c(Cl)c3)C2=O)cc1. The van der Waals surface area contributed by atoms with E-state index in [4.69, 9.17) is 16.3 Å². The minimum absolute atomic E-state index is 0.129. The van der Waals surface area contributed by atoms with Crippen LogP contribution in [0.25, 0.3) is 0 Å². The highest BCUT2D eigenvalue weighted by atomic mass is 35.5. The Morgan fingerprint density at radius 1 is 0.968 bits per heavy atom. The first-order valence-electron chi connectivity index (χ1n) is 9.20. The summed E-state index contributed by atoms with van der Waals surface area (Å²) in [6, 6.07) is 19.9. The van der Waals surface area contributed by atoms with Crippen molar-refractivity contribution in [2.75, 3.05) is 17.3 Å². The molecule has 0 saturated carbocycles. The van der Waals surface area contributed by atoms with Crippen molar-refractivity contribution in [2.45, 2.75) is 4.90 Å². The van der Waals surface area contributed by atoms with E-state index >= 15 is 0 Å². The monoisotopic (exact) mass is 454 g/mol. The van der Waals surface area contributed by atoms with Crippen LogP contribution in [0.4, 0.5) is 15.8 Å². The average molecular weight is 455 g/mol. The van der Waals surface area contributed by atoms with Gasteiger partial charge in [-0.3, -0.25) is 9.59 Å². The molecule has 0 unspecified atom stereocenters. The van der Waals surface area contributed by atoms with Crippen LogP contribution >= 0.6 is 23.4 Å². The van der Waals surface area contributed by atoms with Crippen LogP contribution in [-0.2, 0) is 9.59 Å². The van der Waals surface area contributed by atoms with E-state index in [9.17, 15) is 14.0 Å². The van der Waals surface area contributed by atoms with E-state index in [0.717, 1.165) is 15.9 Å². The summed E-state index contributed by atoms with van der Waals surface area (Å²) in [6.45, 7) is 0. The first-order valence-corrected chi connectivity index (χ1v) is 10.4. The van der Waals surface area contributed by atoms with Gasteiger partial charge in [-0.2, -0.15) is 0 Å². The second kappa shape index (κ2) is 8.83. The van der Waals surface area contributed by atoms with E-state index in [1.807, 2.05) is 30.3 Å². The topological polar surface area (TPSA) is 58.6 Å². The fourth-order valence-corrected chi connectivity index (χ4v) is 4.12. The second-order valence-corrected chi connectivity index (χ2v) is 8.01. The van der Waals surface area contributed by atoms with Crippen molar-refractivity contribution in [1.82, 2.24) is 0 Å². The van der Waals surface area contributed by atoms with Crippen LogP contribution in [0.5, 0.6) is 5.75 Å². The molecule has 4 rings (SSSR count). The lowest BCUT2D eigenvalue weighted by Gasteiger charge is -2.15. The van der Waals surface area contributed by atoms with Crippen molar-refractivity contribution in [3.8, 4) is 5.75 Å². The molecule has 3 aromatic carbocycles. The number of nitrogens with one attached hydrogen (secondary N) is 1. The molecule has 0 atom stereocenters. The first kappa shape index (κ1) is 21.0. The van der Waals surface area contributed by atoms with Crippen molar-refractivity contribution >= 4 is 46.6 Å². The maximum absolute atomic E-state index is 13.6. The Bertz CT molecular complexity index is 1180. The number of thioether (sulfide) groups is 1. The molecule has 8 heteroatoms. The zero-order chi connectivity index (χ0) is 22.0. The van der Waals surface area contributed by atoms with Gasteiger partial charge in [0, 0.05) is 10.6 Å².